The minimum atomic E-state index is -0.542. The SMILES string of the molecule is COC(=O)c1ccc(OCCCc2ccc(OCCOc3ccccc3)cc2)c(C(=O)NC2CCCC(C(=O)OC)C2)c1. The Morgan fingerprint density at radius 3 is 2.21 bits per heavy atom. The van der Waals surface area contributed by atoms with Crippen LogP contribution in [0.4, 0.5) is 0 Å². The van der Waals surface area contributed by atoms with E-state index in [1.165, 1.54) is 20.3 Å². The zero-order valence-corrected chi connectivity index (χ0v) is 24.7. The Morgan fingerprint density at radius 1 is 0.791 bits per heavy atom. The number of carbonyl (C=O) groups excluding carboxylic acids is 3. The second kappa shape index (κ2) is 16.2. The van der Waals surface area contributed by atoms with Crippen molar-refractivity contribution < 1.29 is 38.1 Å². The Bertz CT molecular complexity index is 1340. The van der Waals surface area contributed by atoms with Gasteiger partial charge >= 0.3 is 11.9 Å². The number of rotatable bonds is 14. The van der Waals surface area contributed by atoms with Gasteiger partial charge in [-0.15, -0.1) is 0 Å². The summed E-state index contributed by atoms with van der Waals surface area (Å²) in [4.78, 5) is 37.5. The second-order valence-corrected chi connectivity index (χ2v) is 10.4. The number of carbonyl (C=O) groups is 3. The number of para-hydroxylation sites is 1. The Labute approximate surface area is 252 Å². The van der Waals surface area contributed by atoms with Crippen LogP contribution in [0.1, 0.15) is 58.4 Å². The minimum absolute atomic E-state index is 0.177. The maximum absolute atomic E-state index is 13.3. The van der Waals surface area contributed by atoms with Crippen molar-refractivity contribution in [2.24, 2.45) is 5.92 Å². The molecule has 2 unspecified atom stereocenters. The van der Waals surface area contributed by atoms with Crippen LogP contribution in [-0.2, 0) is 20.7 Å². The molecule has 0 heterocycles. The third-order valence-electron chi connectivity index (χ3n) is 7.34. The van der Waals surface area contributed by atoms with E-state index >= 15 is 0 Å². The van der Waals surface area contributed by atoms with Gasteiger partial charge in [0.05, 0.1) is 37.9 Å². The molecule has 9 heteroatoms. The van der Waals surface area contributed by atoms with Crippen LogP contribution < -0.4 is 19.5 Å². The van der Waals surface area contributed by atoms with E-state index in [4.69, 9.17) is 23.7 Å². The van der Waals surface area contributed by atoms with Crippen molar-refractivity contribution in [3.8, 4) is 17.2 Å². The molecule has 3 aromatic rings. The van der Waals surface area contributed by atoms with Crippen molar-refractivity contribution in [1.82, 2.24) is 5.32 Å². The van der Waals surface area contributed by atoms with E-state index in [0.29, 0.717) is 38.4 Å². The third kappa shape index (κ3) is 9.49. The van der Waals surface area contributed by atoms with Gasteiger partial charge in [-0.25, -0.2) is 4.79 Å². The summed E-state index contributed by atoms with van der Waals surface area (Å²) >= 11 is 0. The fourth-order valence-electron chi connectivity index (χ4n) is 5.09. The summed E-state index contributed by atoms with van der Waals surface area (Å²) in [6.07, 6.45) is 4.31. The monoisotopic (exact) mass is 589 g/mol. The molecule has 1 aliphatic carbocycles. The normalized spacial score (nSPS) is 16.0. The molecular formula is C34H39NO8. The number of nitrogens with one attached hydrogen (secondary N) is 1. The quantitative estimate of drug-likeness (QED) is 0.197. The topological polar surface area (TPSA) is 109 Å². The van der Waals surface area contributed by atoms with Crippen LogP contribution in [0.3, 0.4) is 0 Å². The molecule has 0 aliphatic heterocycles. The number of esters is 2. The first-order valence-corrected chi connectivity index (χ1v) is 14.6. The highest BCUT2D eigenvalue weighted by Crippen LogP contribution is 2.27. The van der Waals surface area contributed by atoms with Crippen LogP contribution in [0.2, 0.25) is 0 Å². The molecule has 1 saturated carbocycles. The van der Waals surface area contributed by atoms with Crippen LogP contribution in [0.5, 0.6) is 17.2 Å². The lowest BCUT2D eigenvalue weighted by Gasteiger charge is -2.28. The molecule has 1 aliphatic rings. The zero-order chi connectivity index (χ0) is 30.4. The smallest absolute Gasteiger partial charge is 0.337 e. The molecule has 228 valence electrons. The molecule has 1 N–H and O–H groups in total. The molecular weight excluding hydrogens is 550 g/mol. The largest absolute Gasteiger partial charge is 0.493 e. The lowest BCUT2D eigenvalue weighted by molar-refractivity contribution is -0.146. The highest BCUT2D eigenvalue weighted by atomic mass is 16.5. The first-order chi connectivity index (χ1) is 21.0. The third-order valence-corrected chi connectivity index (χ3v) is 7.34. The van der Waals surface area contributed by atoms with E-state index in [0.717, 1.165) is 42.7 Å². The van der Waals surface area contributed by atoms with Gasteiger partial charge in [0.2, 0.25) is 0 Å². The van der Waals surface area contributed by atoms with Gasteiger partial charge in [0.25, 0.3) is 5.91 Å². The number of amides is 1. The van der Waals surface area contributed by atoms with Crippen LogP contribution in [0.25, 0.3) is 0 Å². The summed E-state index contributed by atoms with van der Waals surface area (Å²) < 4.78 is 27.2. The van der Waals surface area contributed by atoms with E-state index in [1.807, 2.05) is 54.6 Å². The maximum Gasteiger partial charge on any atom is 0.337 e. The summed E-state index contributed by atoms with van der Waals surface area (Å²) in [6.45, 7) is 1.28. The molecule has 0 saturated heterocycles. The number of hydrogen-bond donors (Lipinski definition) is 1. The maximum atomic E-state index is 13.3. The Balaban J connectivity index is 1.27. The standard InChI is InChI=1S/C34H39NO8/c1-39-33(37)25-9-6-10-27(22-25)35-32(36)30-23-26(34(38)40-2)15-18-31(30)43-19-7-8-24-13-16-29(17-14-24)42-21-20-41-28-11-4-3-5-12-28/h3-5,11-18,23,25,27H,6-10,19-22H2,1-2H3,(H,35,36). The molecule has 1 fully saturated rings. The van der Waals surface area contributed by atoms with Gasteiger partial charge in [-0.1, -0.05) is 36.8 Å². The van der Waals surface area contributed by atoms with Crippen molar-refractivity contribution in [3.63, 3.8) is 0 Å². The van der Waals surface area contributed by atoms with E-state index in [2.05, 4.69) is 5.32 Å². The van der Waals surface area contributed by atoms with Crippen LogP contribution in [0, 0.1) is 5.92 Å². The highest BCUT2D eigenvalue weighted by Gasteiger charge is 2.29. The van der Waals surface area contributed by atoms with E-state index in [1.54, 1.807) is 12.1 Å². The number of methoxy groups -OCH3 is 2. The molecule has 9 nitrogen and oxygen atoms in total. The summed E-state index contributed by atoms with van der Waals surface area (Å²) in [5.41, 5.74) is 1.64. The second-order valence-electron chi connectivity index (χ2n) is 10.4. The summed E-state index contributed by atoms with van der Waals surface area (Å²) in [5.74, 6) is 0.567. The van der Waals surface area contributed by atoms with Crippen LogP contribution in [0.15, 0.2) is 72.8 Å². The van der Waals surface area contributed by atoms with Crippen molar-refractivity contribution in [2.75, 3.05) is 34.0 Å². The fraction of sp³-hybridized carbons (Fsp3) is 0.382. The van der Waals surface area contributed by atoms with Crippen molar-refractivity contribution in [3.05, 3.63) is 89.5 Å². The van der Waals surface area contributed by atoms with Crippen molar-refractivity contribution >= 4 is 17.8 Å². The van der Waals surface area contributed by atoms with Crippen LogP contribution in [-0.4, -0.2) is 57.9 Å². The van der Waals surface area contributed by atoms with E-state index in [-0.39, 0.29) is 35.0 Å². The number of aryl methyl sites for hydroxylation is 1. The Morgan fingerprint density at radius 2 is 1.51 bits per heavy atom. The molecule has 0 bridgehead atoms. The van der Waals surface area contributed by atoms with Gasteiger partial charge in [-0.05, 0) is 80.1 Å². The lowest BCUT2D eigenvalue weighted by Crippen LogP contribution is -2.40. The van der Waals surface area contributed by atoms with Crippen molar-refractivity contribution in [1.29, 1.82) is 0 Å². The van der Waals surface area contributed by atoms with E-state index < -0.39 is 5.97 Å². The zero-order valence-electron chi connectivity index (χ0n) is 24.7. The van der Waals surface area contributed by atoms with Gasteiger partial charge in [0.1, 0.15) is 30.5 Å². The molecule has 0 spiro atoms. The molecule has 4 rings (SSSR count). The number of benzene rings is 3. The molecule has 2 atom stereocenters. The first-order valence-electron chi connectivity index (χ1n) is 14.6. The first kappa shape index (κ1) is 31.4. The molecule has 0 aromatic heterocycles. The summed E-state index contributed by atoms with van der Waals surface area (Å²) in [6, 6.07) is 22.0. The van der Waals surface area contributed by atoms with Gasteiger partial charge in [-0.3, -0.25) is 9.59 Å². The Hall–Kier alpha value is -4.53. The Kier molecular flexibility index (Phi) is 11.8. The van der Waals surface area contributed by atoms with Gasteiger partial charge < -0.3 is 29.0 Å². The highest BCUT2D eigenvalue weighted by molar-refractivity contribution is 6.00. The molecule has 0 radical (unpaired) electrons. The number of hydrogen-bond acceptors (Lipinski definition) is 8. The minimum Gasteiger partial charge on any atom is -0.493 e. The molecule has 43 heavy (non-hydrogen) atoms. The van der Waals surface area contributed by atoms with Crippen molar-refractivity contribution in [2.45, 2.75) is 44.6 Å². The van der Waals surface area contributed by atoms with Gasteiger partial charge in [0.15, 0.2) is 0 Å². The molecule has 1 amide bonds. The summed E-state index contributed by atoms with van der Waals surface area (Å²) in [5, 5.41) is 3.02. The van der Waals surface area contributed by atoms with E-state index in [9.17, 15) is 14.4 Å². The van der Waals surface area contributed by atoms with Gasteiger partial charge in [0, 0.05) is 6.04 Å². The average molecular weight is 590 g/mol. The lowest BCUT2D eigenvalue weighted by atomic mass is 9.85. The average Bonchev–Trinajstić information content (AvgIpc) is 3.05. The van der Waals surface area contributed by atoms with Gasteiger partial charge in [-0.2, -0.15) is 0 Å². The fourth-order valence-corrected chi connectivity index (χ4v) is 5.09. The summed E-state index contributed by atoms with van der Waals surface area (Å²) in [7, 11) is 2.67. The predicted molar refractivity (Wildman–Crippen MR) is 161 cm³/mol. The number of ether oxygens (including phenoxy) is 5. The van der Waals surface area contributed by atoms with Crippen LogP contribution >= 0.6 is 0 Å². The predicted octanol–water partition coefficient (Wildman–Crippen LogP) is 5.40. The molecule has 3 aromatic carbocycles.